The van der Waals surface area contributed by atoms with Gasteiger partial charge in [-0.3, -0.25) is 0 Å². The Labute approximate surface area is 101 Å². The van der Waals surface area contributed by atoms with Gasteiger partial charge in [0, 0.05) is 0 Å². The largest absolute Gasteiger partial charge is 0.340 e. The van der Waals surface area contributed by atoms with Crippen LogP contribution in [0.3, 0.4) is 0 Å². The fraction of sp³-hybridized carbons (Fsp3) is 0.500. The van der Waals surface area contributed by atoms with Gasteiger partial charge in [0.05, 0.1) is 16.6 Å². The molecule has 0 unspecified atom stereocenters. The molecule has 1 saturated carbocycles. The summed E-state index contributed by atoms with van der Waals surface area (Å²) in [5.74, 6) is 1.77. The molecule has 0 amide bonds. The molecular weight excluding hydrogens is 210 g/mol. The highest BCUT2D eigenvalue weighted by atomic mass is 15.0. The second-order valence-electron chi connectivity index (χ2n) is 5.44. The highest BCUT2D eigenvalue weighted by molar-refractivity contribution is 5.74. The third-order valence-electron chi connectivity index (χ3n) is 4.03. The molecule has 0 saturated heterocycles. The number of hydrogen-bond acceptors (Lipinski definition) is 2. The Balaban J connectivity index is 1.97. The summed E-state index contributed by atoms with van der Waals surface area (Å²) in [6, 6.07) is 8.13. The van der Waals surface area contributed by atoms with Crippen molar-refractivity contribution >= 4 is 11.0 Å². The van der Waals surface area contributed by atoms with Gasteiger partial charge in [0.2, 0.25) is 0 Å². The number of para-hydroxylation sites is 2. The highest BCUT2D eigenvalue weighted by Gasteiger charge is 2.34. The molecular formula is C14H19N3. The topological polar surface area (TPSA) is 54.7 Å². The van der Waals surface area contributed by atoms with E-state index < -0.39 is 0 Å². The lowest BCUT2D eigenvalue weighted by Gasteiger charge is -2.34. The Morgan fingerprint density at radius 1 is 1.29 bits per heavy atom. The van der Waals surface area contributed by atoms with Gasteiger partial charge < -0.3 is 10.7 Å². The molecule has 1 fully saturated rings. The molecule has 3 nitrogen and oxygen atoms in total. The molecule has 1 aromatic heterocycles. The van der Waals surface area contributed by atoms with Crippen LogP contribution in [-0.4, -0.2) is 9.97 Å². The Hall–Kier alpha value is -1.35. The van der Waals surface area contributed by atoms with Gasteiger partial charge in [-0.05, 0) is 43.7 Å². The molecule has 3 rings (SSSR count). The summed E-state index contributed by atoms with van der Waals surface area (Å²) >= 11 is 0. The summed E-state index contributed by atoms with van der Waals surface area (Å²) in [4.78, 5) is 8.04. The summed E-state index contributed by atoms with van der Waals surface area (Å²) in [7, 11) is 0. The third-order valence-corrected chi connectivity index (χ3v) is 4.03. The van der Waals surface area contributed by atoms with Crippen LogP contribution in [0.2, 0.25) is 0 Å². The molecule has 0 bridgehead atoms. The maximum Gasteiger partial charge on any atom is 0.127 e. The number of nitrogens with one attached hydrogen (secondary N) is 1. The fourth-order valence-corrected chi connectivity index (χ4v) is 2.70. The van der Waals surface area contributed by atoms with E-state index in [1.54, 1.807) is 0 Å². The zero-order valence-corrected chi connectivity index (χ0v) is 10.2. The van der Waals surface area contributed by atoms with Crippen molar-refractivity contribution in [3.63, 3.8) is 0 Å². The second kappa shape index (κ2) is 3.84. The van der Waals surface area contributed by atoms with Crippen LogP contribution in [0.25, 0.3) is 11.0 Å². The van der Waals surface area contributed by atoms with E-state index in [1.165, 1.54) is 12.8 Å². The minimum absolute atomic E-state index is 0.245. The lowest BCUT2D eigenvalue weighted by molar-refractivity contribution is 0.238. The Morgan fingerprint density at radius 2 is 2.00 bits per heavy atom. The molecule has 0 atom stereocenters. The Kier molecular flexibility index (Phi) is 2.44. The molecule has 1 aliphatic rings. The summed E-state index contributed by atoms with van der Waals surface area (Å²) in [5.41, 5.74) is 8.38. The first-order chi connectivity index (χ1) is 8.17. The van der Waals surface area contributed by atoms with Crippen LogP contribution in [-0.2, 0) is 5.54 Å². The SMILES string of the molecule is CC1CCC(N)(c2nc3ccccc3[nH]2)CC1. The van der Waals surface area contributed by atoms with Crippen molar-refractivity contribution in [3.8, 4) is 0 Å². The van der Waals surface area contributed by atoms with E-state index >= 15 is 0 Å². The van der Waals surface area contributed by atoms with E-state index in [-0.39, 0.29) is 5.54 Å². The first-order valence-electron chi connectivity index (χ1n) is 6.41. The number of nitrogens with zero attached hydrogens (tertiary/aromatic N) is 1. The Bertz CT molecular complexity index is 488. The molecule has 3 heteroatoms. The van der Waals surface area contributed by atoms with Crippen LogP contribution < -0.4 is 5.73 Å². The summed E-state index contributed by atoms with van der Waals surface area (Å²) in [6.45, 7) is 2.30. The van der Waals surface area contributed by atoms with Gasteiger partial charge in [-0.2, -0.15) is 0 Å². The number of nitrogens with two attached hydrogens (primary N) is 1. The maximum atomic E-state index is 6.51. The number of aromatic amines is 1. The molecule has 17 heavy (non-hydrogen) atoms. The average molecular weight is 229 g/mol. The van der Waals surface area contributed by atoms with Gasteiger partial charge in [0.1, 0.15) is 5.82 Å². The molecule has 90 valence electrons. The first kappa shape index (κ1) is 10.8. The standard InChI is InChI=1S/C14H19N3/c1-10-6-8-14(15,9-7-10)13-16-11-4-2-3-5-12(11)17-13/h2-5,10H,6-9,15H2,1H3,(H,16,17). The minimum atomic E-state index is -0.245. The van der Waals surface area contributed by atoms with E-state index in [0.717, 1.165) is 35.6 Å². The van der Waals surface area contributed by atoms with Crippen molar-refractivity contribution in [1.29, 1.82) is 0 Å². The summed E-state index contributed by atoms with van der Waals surface area (Å²) in [6.07, 6.45) is 4.48. The van der Waals surface area contributed by atoms with Crippen molar-refractivity contribution in [2.45, 2.75) is 38.1 Å². The molecule has 0 aliphatic heterocycles. The Morgan fingerprint density at radius 3 is 2.71 bits per heavy atom. The lowest BCUT2D eigenvalue weighted by atomic mass is 9.77. The number of fused-ring (bicyclic) bond motifs is 1. The van der Waals surface area contributed by atoms with Crippen LogP contribution in [0.5, 0.6) is 0 Å². The zero-order chi connectivity index (χ0) is 11.9. The number of hydrogen-bond donors (Lipinski definition) is 2. The molecule has 3 N–H and O–H groups in total. The van der Waals surface area contributed by atoms with Crippen LogP contribution in [0.15, 0.2) is 24.3 Å². The monoisotopic (exact) mass is 229 g/mol. The highest BCUT2D eigenvalue weighted by Crippen LogP contribution is 2.36. The van der Waals surface area contributed by atoms with Crippen molar-refractivity contribution in [1.82, 2.24) is 9.97 Å². The van der Waals surface area contributed by atoms with Crippen molar-refractivity contribution in [2.75, 3.05) is 0 Å². The molecule has 1 heterocycles. The summed E-state index contributed by atoms with van der Waals surface area (Å²) < 4.78 is 0. The molecule has 1 aliphatic carbocycles. The normalized spacial score (nSPS) is 29.6. The quantitative estimate of drug-likeness (QED) is 0.790. The molecule has 2 aromatic rings. The van der Waals surface area contributed by atoms with E-state index in [1.807, 2.05) is 18.2 Å². The van der Waals surface area contributed by atoms with Crippen LogP contribution in [0.1, 0.15) is 38.4 Å². The van der Waals surface area contributed by atoms with Crippen LogP contribution in [0, 0.1) is 5.92 Å². The number of imidazole rings is 1. The summed E-state index contributed by atoms with van der Waals surface area (Å²) in [5, 5.41) is 0. The fourth-order valence-electron chi connectivity index (χ4n) is 2.70. The number of benzene rings is 1. The van der Waals surface area contributed by atoms with E-state index in [9.17, 15) is 0 Å². The number of H-pyrrole nitrogens is 1. The predicted octanol–water partition coefficient (Wildman–Crippen LogP) is 2.93. The van der Waals surface area contributed by atoms with Crippen molar-refractivity contribution in [3.05, 3.63) is 30.1 Å². The van der Waals surface area contributed by atoms with Crippen LogP contribution in [0.4, 0.5) is 0 Å². The van der Waals surface area contributed by atoms with Gasteiger partial charge in [0.15, 0.2) is 0 Å². The van der Waals surface area contributed by atoms with E-state index in [2.05, 4.69) is 23.0 Å². The smallest absolute Gasteiger partial charge is 0.127 e. The van der Waals surface area contributed by atoms with Crippen LogP contribution >= 0.6 is 0 Å². The van der Waals surface area contributed by atoms with E-state index in [4.69, 9.17) is 5.73 Å². The number of aromatic nitrogens is 2. The minimum Gasteiger partial charge on any atom is -0.340 e. The third kappa shape index (κ3) is 1.84. The van der Waals surface area contributed by atoms with Crippen molar-refractivity contribution in [2.24, 2.45) is 11.7 Å². The van der Waals surface area contributed by atoms with Gasteiger partial charge in [0.25, 0.3) is 0 Å². The average Bonchev–Trinajstić information content (AvgIpc) is 2.77. The zero-order valence-electron chi connectivity index (χ0n) is 10.2. The maximum absolute atomic E-state index is 6.51. The van der Waals surface area contributed by atoms with Gasteiger partial charge in [-0.1, -0.05) is 19.1 Å². The predicted molar refractivity (Wildman–Crippen MR) is 69.6 cm³/mol. The molecule has 0 spiro atoms. The lowest BCUT2D eigenvalue weighted by Crippen LogP contribution is -2.41. The van der Waals surface area contributed by atoms with Gasteiger partial charge in [-0.25, -0.2) is 4.98 Å². The number of rotatable bonds is 1. The van der Waals surface area contributed by atoms with E-state index in [0.29, 0.717) is 0 Å². The molecule has 0 radical (unpaired) electrons. The van der Waals surface area contributed by atoms with Crippen molar-refractivity contribution < 1.29 is 0 Å². The second-order valence-corrected chi connectivity index (χ2v) is 5.44. The van der Waals surface area contributed by atoms with Gasteiger partial charge >= 0.3 is 0 Å². The van der Waals surface area contributed by atoms with Gasteiger partial charge in [-0.15, -0.1) is 0 Å². The first-order valence-corrected chi connectivity index (χ1v) is 6.41. The molecule has 1 aromatic carbocycles.